The number of amides is 1. The Labute approximate surface area is 232 Å². The van der Waals surface area contributed by atoms with Gasteiger partial charge in [0.15, 0.2) is 0 Å². The van der Waals surface area contributed by atoms with Crippen LogP contribution >= 0.6 is 0 Å². The zero-order valence-corrected chi connectivity index (χ0v) is 24.4. The summed E-state index contributed by atoms with van der Waals surface area (Å²) in [5.74, 6) is -0.523. The van der Waals surface area contributed by atoms with Crippen LogP contribution in [0.1, 0.15) is 86.1 Å². The highest BCUT2D eigenvalue weighted by molar-refractivity contribution is 6.45. The fraction of sp³-hybridized carbons (Fsp3) is 0.714. The zero-order valence-electron chi connectivity index (χ0n) is 24.4. The summed E-state index contributed by atoms with van der Waals surface area (Å²) in [6.07, 6.45) is 2.31. The van der Waals surface area contributed by atoms with Crippen molar-refractivity contribution in [2.75, 3.05) is 6.54 Å². The summed E-state index contributed by atoms with van der Waals surface area (Å²) in [5, 5.41) is 3.93. The summed E-state index contributed by atoms with van der Waals surface area (Å²) in [6.45, 7) is 13.7. The van der Waals surface area contributed by atoms with Gasteiger partial charge in [-0.2, -0.15) is 0 Å². The van der Waals surface area contributed by atoms with Crippen molar-refractivity contribution in [2.24, 2.45) is 5.11 Å². The molecule has 2 aliphatic heterocycles. The molecule has 2 unspecified atom stereocenters. The minimum Gasteiger partial charge on any atom is -0.459 e. The van der Waals surface area contributed by atoms with Crippen molar-refractivity contribution in [1.29, 1.82) is 0 Å². The number of benzene rings is 1. The van der Waals surface area contributed by atoms with Crippen molar-refractivity contribution < 1.29 is 28.4 Å². The lowest BCUT2D eigenvalue weighted by molar-refractivity contribution is -0.163. The maximum atomic E-state index is 13.9. The van der Waals surface area contributed by atoms with Gasteiger partial charge < -0.3 is 18.8 Å². The molecule has 0 spiro atoms. The summed E-state index contributed by atoms with van der Waals surface area (Å²) >= 11 is 0. The van der Waals surface area contributed by atoms with Crippen LogP contribution in [0, 0.1) is 0 Å². The summed E-state index contributed by atoms with van der Waals surface area (Å²) < 4.78 is 23.8. The number of unbranched alkanes of at least 4 members (excludes halogenated alkanes) is 1. The Morgan fingerprint density at radius 2 is 1.77 bits per heavy atom. The summed E-state index contributed by atoms with van der Waals surface area (Å²) in [4.78, 5) is 31.8. The number of hydrogen-bond acceptors (Lipinski definition) is 7. The number of rotatable bonds is 9. The van der Waals surface area contributed by atoms with Crippen LogP contribution in [-0.4, -0.2) is 59.0 Å². The predicted octanol–water partition coefficient (Wildman–Crippen LogP) is 6.44. The maximum absolute atomic E-state index is 13.9. The number of nitrogens with zero attached hydrogens (tertiary/aromatic N) is 4. The summed E-state index contributed by atoms with van der Waals surface area (Å²) in [6, 6.07) is 8.95. The second-order valence-corrected chi connectivity index (χ2v) is 12.5. The molecule has 214 valence electrons. The third-order valence-corrected chi connectivity index (χ3v) is 7.78. The van der Waals surface area contributed by atoms with Gasteiger partial charge in [-0.25, -0.2) is 9.59 Å². The molecule has 0 bridgehead atoms. The lowest BCUT2D eigenvalue weighted by atomic mass is 9.77. The maximum Gasteiger partial charge on any atom is 0.457 e. The molecular formula is C28H43BN4O6. The largest absolute Gasteiger partial charge is 0.459 e. The highest BCUT2D eigenvalue weighted by atomic mass is 16.7. The summed E-state index contributed by atoms with van der Waals surface area (Å²) in [7, 11) is -0.347. The first-order valence-electron chi connectivity index (χ1n) is 13.8. The molecule has 2 aliphatic rings. The second kappa shape index (κ2) is 12.2. The molecule has 39 heavy (non-hydrogen) atoms. The van der Waals surface area contributed by atoms with Gasteiger partial charge in [-0.3, -0.25) is 4.90 Å². The van der Waals surface area contributed by atoms with Crippen LogP contribution in [0.5, 0.6) is 0 Å². The molecule has 1 aromatic carbocycles. The molecule has 1 aromatic rings. The van der Waals surface area contributed by atoms with Gasteiger partial charge in [0.1, 0.15) is 17.7 Å². The van der Waals surface area contributed by atoms with Crippen LogP contribution in [-0.2, 0) is 30.2 Å². The first-order chi connectivity index (χ1) is 18.2. The van der Waals surface area contributed by atoms with E-state index in [-0.39, 0.29) is 26.7 Å². The van der Waals surface area contributed by atoms with Crippen molar-refractivity contribution in [3.63, 3.8) is 0 Å². The Hall–Kier alpha value is -2.75. The van der Waals surface area contributed by atoms with Gasteiger partial charge in [0, 0.05) is 17.5 Å². The SMILES string of the molecule is CC(C)(C)OC(=O)N1CCC(N=[N+]=[N-])CC1(CCCCB1OC(C)(C)C(C)(C)O1)C(=O)OCc1ccccc1. The Bertz CT molecular complexity index is 1040. The number of ether oxygens (including phenoxy) is 2. The second-order valence-electron chi connectivity index (χ2n) is 12.5. The van der Waals surface area contributed by atoms with Crippen LogP contribution in [0.3, 0.4) is 0 Å². The predicted molar refractivity (Wildman–Crippen MR) is 149 cm³/mol. The molecule has 11 heteroatoms. The molecule has 2 heterocycles. The highest BCUT2D eigenvalue weighted by Gasteiger charge is 2.53. The Morgan fingerprint density at radius 3 is 2.36 bits per heavy atom. The Kier molecular flexibility index (Phi) is 9.62. The number of carbonyl (C=O) groups excluding carboxylic acids is 2. The number of hydrogen-bond donors (Lipinski definition) is 0. The number of azide groups is 1. The van der Waals surface area contributed by atoms with Gasteiger partial charge in [0.2, 0.25) is 0 Å². The van der Waals surface area contributed by atoms with Gasteiger partial charge in [0.25, 0.3) is 0 Å². The molecule has 0 aromatic heterocycles. The lowest BCUT2D eigenvalue weighted by Gasteiger charge is -2.47. The van der Waals surface area contributed by atoms with E-state index in [1.54, 1.807) is 20.8 Å². The topological polar surface area (TPSA) is 123 Å². The smallest absolute Gasteiger partial charge is 0.457 e. The molecular weight excluding hydrogens is 499 g/mol. The van der Waals surface area contributed by atoms with Crippen molar-refractivity contribution >= 4 is 19.2 Å². The fourth-order valence-corrected chi connectivity index (χ4v) is 5.05. The number of piperidine rings is 1. The van der Waals surface area contributed by atoms with E-state index in [0.29, 0.717) is 32.0 Å². The van der Waals surface area contributed by atoms with Gasteiger partial charge in [0.05, 0.1) is 11.2 Å². The molecule has 2 atom stereocenters. The van der Waals surface area contributed by atoms with Gasteiger partial charge in [-0.05, 0) is 85.1 Å². The van der Waals surface area contributed by atoms with Crippen LogP contribution in [0.4, 0.5) is 4.79 Å². The van der Waals surface area contributed by atoms with Crippen LogP contribution < -0.4 is 0 Å². The van der Waals surface area contributed by atoms with Crippen molar-refractivity contribution in [3.8, 4) is 0 Å². The van der Waals surface area contributed by atoms with E-state index < -0.39 is 40.4 Å². The van der Waals surface area contributed by atoms with Crippen molar-refractivity contribution in [1.82, 2.24) is 4.90 Å². The zero-order chi connectivity index (χ0) is 28.9. The van der Waals surface area contributed by atoms with Gasteiger partial charge in [-0.15, -0.1) is 0 Å². The average Bonchev–Trinajstić information content (AvgIpc) is 3.05. The first-order valence-corrected chi connectivity index (χ1v) is 13.8. The fourth-order valence-electron chi connectivity index (χ4n) is 5.05. The van der Waals surface area contributed by atoms with E-state index in [2.05, 4.69) is 10.0 Å². The standard InChI is InChI=1S/C28H43BN4O6/c1-25(2,3)37-24(35)33-18-15-22(31-32-30)19-28(33,23(34)36-20-21-13-9-8-10-14-21)16-11-12-17-29-38-26(4,5)27(6,7)39-29/h8-10,13-14,22H,11-12,15-20H2,1-7H3. The molecule has 0 aliphatic carbocycles. The van der Waals surface area contributed by atoms with E-state index in [9.17, 15) is 9.59 Å². The highest BCUT2D eigenvalue weighted by Crippen LogP contribution is 2.40. The molecule has 1 amide bonds. The van der Waals surface area contributed by atoms with Crippen molar-refractivity contribution in [3.05, 3.63) is 46.3 Å². The third kappa shape index (κ3) is 7.68. The monoisotopic (exact) mass is 542 g/mol. The number of likely N-dealkylation sites (tertiary alicyclic amines) is 1. The van der Waals surface area contributed by atoms with Gasteiger partial charge in [-0.1, -0.05) is 48.3 Å². The normalized spacial score (nSPS) is 24.1. The Balaban J connectivity index is 1.82. The van der Waals surface area contributed by atoms with E-state index in [1.807, 2.05) is 58.0 Å². The molecule has 0 radical (unpaired) electrons. The lowest BCUT2D eigenvalue weighted by Crippen LogP contribution is -2.62. The Morgan fingerprint density at radius 1 is 1.13 bits per heavy atom. The molecule has 2 fully saturated rings. The quantitative estimate of drug-likeness (QED) is 0.0883. The number of esters is 1. The molecule has 10 nitrogen and oxygen atoms in total. The third-order valence-electron chi connectivity index (χ3n) is 7.78. The van der Waals surface area contributed by atoms with Crippen LogP contribution in [0.15, 0.2) is 35.4 Å². The number of carbonyl (C=O) groups is 2. The molecule has 0 saturated carbocycles. The molecule has 3 rings (SSSR count). The minimum absolute atomic E-state index is 0.0731. The van der Waals surface area contributed by atoms with Crippen LogP contribution in [0.25, 0.3) is 10.4 Å². The van der Waals surface area contributed by atoms with E-state index in [0.717, 1.165) is 5.56 Å². The molecule has 0 N–H and O–H groups in total. The summed E-state index contributed by atoms with van der Waals surface area (Å²) in [5.41, 5.74) is 7.07. The first kappa shape index (κ1) is 30.8. The van der Waals surface area contributed by atoms with E-state index in [1.165, 1.54) is 4.90 Å². The molecule has 2 saturated heterocycles. The van der Waals surface area contributed by atoms with Crippen LogP contribution in [0.2, 0.25) is 6.32 Å². The minimum atomic E-state index is -1.33. The van der Waals surface area contributed by atoms with E-state index in [4.69, 9.17) is 24.3 Å². The van der Waals surface area contributed by atoms with Crippen molar-refractivity contribution in [2.45, 2.75) is 122 Å². The average molecular weight is 542 g/mol. The van der Waals surface area contributed by atoms with E-state index >= 15 is 0 Å². The van der Waals surface area contributed by atoms with Gasteiger partial charge >= 0.3 is 19.2 Å².